The topological polar surface area (TPSA) is 30.2 Å². The lowest BCUT2D eigenvalue weighted by Crippen LogP contribution is -1.98. The molecule has 1 aromatic carbocycles. The Kier molecular flexibility index (Phi) is 3.69. The van der Waals surface area contributed by atoms with E-state index in [2.05, 4.69) is 0 Å². The molecule has 2 aromatic rings. The lowest BCUT2D eigenvalue weighted by molar-refractivity contribution is 0.0985. The van der Waals surface area contributed by atoms with Gasteiger partial charge in [0.2, 0.25) is 0 Å². The Morgan fingerprint density at radius 2 is 2.00 bits per heavy atom. The van der Waals surface area contributed by atoms with E-state index in [1.165, 1.54) is 0 Å². The highest BCUT2D eigenvalue weighted by molar-refractivity contribution is 7.99. The normalized spacial score (nSPS) is 10.5. The zero-order valence-corrected chi connectivity index (χ0v) is 10.7. The zero-order chi connectivity index (χ0) is 12.3. The molecule has 0 atom stereocenters. The molecule has 0 N–H and O–H groups in total. The summed E-state index contributed by atoms with van der Waals surface area (Å²) in [5, 5.41) is 0. The van der Waals surface area contributed by atoms with E-state index in [9.17, 15) is 4.79 Å². The van der Waals surface area contributed by atoms with Crippen molar-refractivity contribution in [3.63, 3.8) is 0 Å². The summed E-state index contributed by atoms with van der Waals surface area (Å²) in [6.45, 7) is 3.81. The number of rotatable bonds is 4. The molecule has 0 saturated heterocycles. The molecule has 0 amide bonds. The number of hydrogen-bond donors (Lipinski definition) is 0. The van der Waals surface area contributed by atoms with Gasteiger partial charge in [-0.15, -0.1) is 0 Å². The van der Waals surface area contributed by atoms with E-state index in [4.69, 9.17) is 4.42 Å². The summed E-state index contributed by atoms with van der Waals surface area (Å²) >= 11 is 1.58. The summed E-state index contributed by atoms with van der Waals surface area (Å²) in [7, 11) is 0. The number of carbonyl (C=O) groups is 1. The Morgan fingerprint density at radius 3 is 2.65 bits per heavy atom. The first-order valence-electron chi connectivity index (χ1n) is 5.56. The summed E-state index contributed by atoms with van der Waals surface area (Å²) in [6, 6.07) is 9.62. The lowest BCUT2D eigenvalue weighted by atomic mass is 10.1. The summed E-state index contributed by atoms with van der Waals surface area (Å²) in [5.41, 5.74) is 0.792. The number of furan rings is 1. The van der Waals surface area contributed by atoms with Gasteiger partial charge in [0.05, 0.1) is 11.2 Å². The second-order valence-electron chi connectivity index (χ2n) is 3.72. The van der Waals surface area contributed by atoms with Crippen LogP contribution < -0.4 is 0 Å². The Bertz CT molecular complexity index is 529. The Hall–Kier alpha value is -1.48. The molecule has 0 unspecified atom stereocenters. The largest absolute Gasteiger partial charge is 0.468 e. The highest BCUT2D eigenvalue weighted by atomic mass is 32.2. The van der Waals surface area contributed by atoms with Crippen LogP contribution in [0.3, 0.4) is 0 Å². The Balaban J connectivity index is 2.33. The van der Waals surface area contributed by atoms with Crippen LogP contribution in [-0.2, 0) is 0 Å². The molecule has 0 bridgehead atoms. The van der Waals surface area contributed by atoms with E-state index >= 15 is 0 Å². The van der Waals surface area contributed by atoms with Crippen molar-refractivity contribution >= 4 is 17.5 Å². The number of Topliss-reactive ketones (excluding diaryl/α,β-unsaturated/α-hetero) is 1. The van der Waals surface area contributed by atoms with Crippen molar-refractivity contribution in [3.8, 4) is 0 Å². The van der Waals surface area contributed by atoms with E-state index in [-0.39, 0.29) is 5.78 Å². The monoisotopic (exact) mass is 246 g/mol. The number of benzene rings is 1. The first kappa shape index (κ1) is 12.0. The average Bonchev–Trinajstić information content (AvgIpc) is 2.75. The van der Waals surface area contributed by atoms with E-state index in [0.717, 1.165) is 21.1 Å². The van der Waals surface area contributed by atoms with Crippen LogP contribution in [0.1, 0.15) is 29.5 Å². The third-order valence-electron chi connectivity index (χ3n) is 2.54. The lowest BCUT2D eigenvalue weighted by Gasteiger charge is -2.06. The van der Waals surface area contributed by atoms with E-state index < -0.39 is 0 Å². The van der Waals surface area contributed by atoms with Gasteiger partial charge >= 0.3 is 0 Å². The standard InChI is InChI=1S/C14H14O2S/c1-3-12(15)11-6-4-5-7-14(11)17-13-8-9-16-10(13)2/h4-9H,3H2,1-2H3. The van der Waals surface area contributed by atoms with Gasteiger partial charge in [0, 0.05) is 16.9 Å². The van der Waals surface area contributed by atoms with Gasteiger partial charge in [0.1, 0.15) is 5.76 Å². The second kappa shape index (κ2) is 5.23. The fourth-order valence-electron chi connectivity index (χ4n) is 1.57. The molecule has 0 spiro atoms. The van der Waals surface area contributed by atoms with Gasteiger partial charge < -0.3 is 4.42 Å². The van der Waals surface area contributed by atoms with Gasteiger partial charge in [-0.2, -0.15) is 0 Å². The van der Waals surface area contributed by atoms with Gasteiger partial charge in [-0.3, -0.25) is 4.79 Å². The predicted octanol–water partition coefficient (Wildman–Crippen LogP) is 4.33. The fraction of sp³-hybridized carbons (Fsp3) is 0.214. The van der Waals surface area contributed by atoms with Gasteiger partial charge in [0.25, 0.3) is 0 Å². The zero-order valence-electron chi connectivity index (χ0n) is 9.90. The minimum Gasteiger partial charge on any atom is -0.468 e. The average molecular weight is 246 g/mol. The number of hydrogen-bond acceptors (Lipinski definition) is 3. The van der Waals surface area contributed by atoms with Crippen LogP contribution in [0.4, 0.5) is 0 Å². The first-order chi connectivity index (χ1) is 8.22. The third kappa shape index (κ3) is 2.61. The first-order valence-corrected chi connectivity index (χ1v) is 6.38. The molecule has 1 aromatic heterocycles. The van der Waals surface area contributed by atoms with Crippen molar-refractivity contribution in [1.29, 1.82) is 0 Å². The SMILES string of the molecule is CCC(=O)c1ccccc1Sc1ccoc1C. The van der Waals surface area contributed by atoms with Crippen LogP contribution in [0.5, 0.6) is 0 Å². The Morgan fingerprint density at radius 1 is 1.24 bits per heavy atom. The molecule has 1 heterocycles. The third-order valence-corrected chi connectivity index (χ3v) is 3.76. The van der Waals surface area contributed by atoms with Crippen LogP contribution >= 0.6 is 11.8 Å². The van der Waals surface area contributed by atoms with Gasteiger partial charge in [-0.25, -0.2) is 0 Å². The van der Waals surface area contributed by atoms with Crippen molar-refractivity contribution in [2.24, 2.45) is 0 Å². The minimum atomic E-state index is 0.175. The molecule has 3 heteroatoms. The maximum atomic E-state index is 11.8. The van der Waals surface area contributed by atoms with Crippen LogP contribution in [0.25, 0.3) is 0 Å². The number of ketones is 1. The maximum Gasteiger partial charge on any atom is 0.163 e. The Labute approximate surface area is 105 Å². The van der Waals surface area contributed by atoms with Crippen LogP contribution in [0, 0.1) is 6.92 Å². The minimum absolute atomic E-state index is 0.175. The molecule has 88 valence electrons. The van der Waals surface area contributed by atoms with E-state index in [1.807, 2.05) is 44.2 Å². The number of carbonyl (C=O) groups excluding carboxylic acids is 1. The van der Waals surface area contributed by atoms with Crippen molar-refractivity contribution in [2.75, 3.05) is 0 Å². The molecular weight excluding hydrogens is 232 g/mol. The summed E-state index contributed by atoms with van der Waals surface area (Å²) in [4.78, 5) is 13.9. The van der Waals surface area contributed by atoms with Crippen LogP contribution in [0.2, 0.25) is 0 Å². The molecule has 0 aliphatic carbocycles. The van der Waals surface area contributed by atoms with Gasteiger partial charge in [0.15, 0.2) is 5.78 Å². The molecule has 0 fully saturated rings. The van der Waals surface area contributed by atoms with E-state index in [1.54, 1.807) is 18.0 Å². The predicted molar refractivity (Wildman–Crippen MR) is 68.6 cm³/mol. The highest BCUT2D eigenvalue weighted by Gasteiger charge is 2.11. The van der Waals surface area contributed by atoms with Gasteiger partial charge in [-0.1, -0.05) is 36.9 Å². The van der Waals surface area contributed by atoms with Crippen LogP contribution in [-0.4, -0.2) is 5.78 Å². The van der Waals surface area contributed by atoms with Crippen molar-refractivity contribution in [1.82, 2.24) is 0 Å². The molecule has 0 aliphatic heterocycles. The molecule has 0 radical (unpaired) electrons. The maximum absolute atomic E-state index is 11.8. The molecule has 2 nitrogen and oxygen atoms in total. The van der Waals surface area contributed by atoms with Gasteiger partial charge in [-0.05, 0) is 19.1 Å². The molecule has 0 saturated carbocycles. The smallest absolute Gasteiger partial charge is 0.163 e. The fourth-order valence-corrected chi connectivity index (χ4v) is 2.56. The molecular formula is C14H14O2S. The van der Waals surface area contributed by atoms with E-state index in [0.29, 0.717) is 6.42 Å². The molecule has 2 rings (SSSR count). The molecule has 17 heavy (non-hydrogen) atoms. The quantitative estimate of drug-likeness (QED) is 0.752. The second-order valence-corrected chi connectivity index (χ2v) is 4.80. The summed E-state index contributed by atoms with van der Waals surface area (Å²) < 4.78 is 5.26. The highest BCUT2D eigenvalue weighted by Crippen LogP contribution is 2.33. The number of aryl methyl sites for hydroxylation is 1. The van der Waals surface area contributed by atoms with Crippen LogP contribution in [0.15, 0.2) is 50.8 Å². The van der Waals surface area contributed by atoms with Crippen molar-refractivity contribution in [3.05, 3.63) is 47.9 Å². The summed E-state index contributed by atoms with van der Waals surface area (Å²) in [5.74, 6) is 1.06. The molecule has 0 aliphatic rings. The van der Waals surface area contributed by atoms with Crippen molar-refractivity contribution in [2.45, 2.75) is 30.1 Å². The van der Waals surface area contributed by atoms with Crippen molar-refractivity contribution < 1.29 is 9.21 Å². The summed E-state index contributed by atoms with van der Waals surface area (Å²) in [6.07, 6.45) is 2.20.